The minimum Gasteiger partial charge on any atom is -0.462 e. The molecule has 6 heteroatoms. The van der Waals surface area contributed by atoms with Crippen molar-refractivity contribution in [1.29, 1.82) is 0 Å². The van der Waals surface area contributed by atoms with E-state index in [2.05, 4.69) is 81.5 Å². The Morgan fingerprint density at radius 2 is 0.468 bits per heavy atom. The van der Waals surface area contributed by atoms with Crippen LogP contribution in [0.3, 0.4) is 0 Å². The van der Waals surface area contributed by atoms with Crippen molar-refractivity contribution >= 4 is 17.9 Å². The van der Waals surface area contributed by atoms with Gasteiger partial charge < -0.3 is 14.2 Å². The Morgan fingerprint density at radius 1 is 0.260 bits per heavy atom. The molecule has 0 aliphatic rings. The molecule has 0 aromatic carbocycles. The van der Waals surface area contributed by atoms with E-state index in [1.165, 1.54) is 238 Å². The monoisotopic (exact) mass is 1080 g/mol. The molecule has 77 heavy (non-hydrogen) atoms. The summed E-state index contributed by atoms with van der Waals surface area (Å²) >= 11 is 0. The van der Waals surface area contributed by atoms with Gasteiger partial charge in [-0.05, 0) is 109 Å². The Balaban J connectivity index is 4.31. The van der Waals surface area contributed by atoms with E-state index in [9.17, 15) is 14.4 Å². The van der Waals surface area contributed by atoms with E-state index in [1.54, 1.807) is 0 Å². The molecule has 0 fully saturated rings. The maximum absolute atomic E-state index is 12.9. The molecule has 0 aliphatic carbocycles. The molecule has 0 spiro atoms. The zero-order valence-corrected chi connectivity index (χ0v) is 51.5. The molecule has 6 nitrogen and oxygen atoms in total. The molecule has 0 rings (SSSR count). The second-order valence-electron chi connectivity index (χ2n) is 22.7. The predicted molar refractivity (Wildman–Crippen MR) is 335 cm³/mol. The third-order valence-electron chi connectivity index (χ3n) is 15.0. The molecule has 448 valence electrons. The summed E-state index contributed by atoms with van der Waals surface area (Å²) < 4.78 is 17.0. The van der Waals surface area contributed by atoms with Crippen LogP contribution in [0.1, 0.15) is 355 Å². The average Bonchev–Trinajstić information content (AvgIpc) is 3.43. The summed E-state index contributed by atoms with van der Waals surface area (Å²) in [6, 6.07) is 0. The molecule has 0 radical (unpaired) electrons. The van der Waals surface area contributed by atoms with Gasteiger partial charge in [-0.25, -0.2) is 0 Å². The normalized spacial score (nSPS) is 12.4. The number of hydrogen-bond donors (Lipinski definition) is 0. The molecule has 0 saturated carbocycles. The van der Waals surface area contributed by atoms with Crippen LogP contribution in [-0.4, -0.2) is 37.2 Å². The van der Waals surface area contributed by atoms with Crippen LogP contribution in [0.5, 0.6) is 0 Å². The summed E-state index contributed by atoms with van der Waals surface area (Å²) in [5, 5.41) is 0. The van der Waals surface area contributed by atoms with E-state index in [4.69, 9.17) is 14.2 Å². The van der Waals surface area contributed by atoms with E-state index >= 15 is 0 Å². The maximum Gasteiger partial charge on any atom is 0.306 e. The van der Waals surface area contributed by atoms with Crippen LogP contribution in [-0.2, 0) is 28.6 Å². The van der Waals surface area contributed by atoms with Gasteiger partial charge in [-0.1, -0.05) is 287 Å². The Morgan fingerprint density at radius 3 is 0.753 bits per heavy atom. The fraction of sp³-hybridized carbons (Fsp3) is 0.817. The summed E-state index contributed by atoms with van der Waals surface area (Å²) in [6.07, 6.45) is 83.7. The van der Waals surface area contributed by atoms with Crippen molar-refractivity contribution in [3.63, 3.8) is 0 Å². The number of rotatable bonds is 62. The molecular weight excluding hydrogens is 949 g/mol. The number of allylic oxidation sites excluding steroid dienone is 10. The van der Waals surface area contributed by atoms with Gasteiger partial charge in [0.15, 0.2) is 6.10 Å². The van der Waals surface area contributed by atoms with Crippen LogP contribution < -0.4 is 0 Å². The summed E-state index contributed by atoms with van der Waals surface area (Å²) in [4.78, 5) is 38.4. The van der Waals surface area contributed by atoms with E-state index in [0.29, 0.717) is 19.3 Å². The zero-order chi connectivity index (χ0) is 55.7. The van der Waals surface area contributed by atoms with E-state index in [-0.39, 0.29) is 31.1 Å². The Labute approximate surface area is 479 Å². The van der Waals surface area contributed by atoms with Gasteiger partial charge in [0.1, 0.15) is 13.2 Å². The molecule has 0 aromatic rings. The largest absolute Gasteiger partial charge is 0.462 e. The van der Waals surface area contributed by atoms with E-state index in [0.717, 1.165) is 77.0 Å². The van der Waals surface area contributed by atoms with Crippen LogP contribution in [0.2, 0.25) is 0 Å². The third kappa shape index (κ3) is 63.8. The summed E-state index contributed by atoms with van der Waals surface area (Å²) in [5.74, 6) is -0.870. The standard InChI is InChI=1S/C71H128O6/c1-4-7-10-13-16-19-22-25-28-30-32-33-34-35-36-37-39-40-43-46-49-52-55-58-61-64-70(73)76-67-68(66-75-69(72)63-60-57-54-51-48-45-42-27-24-21-18-15-12-9-6-3)77-71(74)65-62-59-56-53-50-47-44-41-38-31-29-26-23-20-17-14-11-8-5-2/h17,20,22,25-27,29-30,32,42,68H,4-16,18-19,21,23-24,28,31,33-41,43-67H2,1-3H3/b20-17-,25-22-,29-26-,32-30-,42-27-. The van der Waals surface area contributed by atoms with Gasteiger partial charge in [0.2, 0.25) is 0 Å². The minimum absolute atomic E-state index is 0.0765. The number of hydrogen-bond acceptors (Lipinski definition) is 6. The second kappa shape index (κ2) is 65.6. The van der Waals surface area contributed by atoms with Crippen molar-refractivity contribution in [2.45, 2.75) is 361 Å². The topological polar surface area (TPSA) is 78.9 Å². The van der Waals surface area contributed by atoms with Crippen LogP contribution in [0, 0.1) is 0 Å². The summed E-state index contributed by atoms with van der Waals surface area (Å²) in [5.41, 5.74) is 0. The van der Waals surface area contributed by atoms with Crippen molar-refractivity contribution in [3.05, 3.63) is 60.8 Å². The first kappa shape index (κ1) is 74.1. The molecule has 0 amide bonds. The molecular formula is C71H128O6. The second-order valence-corrected chi connectivity index (χ2v) is 22.7. The number of esters is 3. The van der Waals surface area contributed by atoms with Gasteiger partial charge in [0.25, 0.3) is 0 Å². The maximum atomic E-state index is 12.9. The first-order chi connectivity index (χ1) is 38.0. The van der Waals surface area contributed by atoms with Crippen LogP contribution in [0.15, 0.2) is 60.8 Å². The number of unbranched alkanes of at least 4 members (excludes halogenated alkanes) is 41. The number of carbonyl (C=O) groups excluding carboxylic acids is 3. The quantitative estimate of drug-likeness (QED) is 0.0261. The lowest BCUT2D eigenvalue weighted by atomic mass is 10.0. The van der Waals surface area contributed by atoms with Gasteiger partial charge in [0, 0.05) is 19.3 Å². The highest BCUT2D eigenvalue weighted by Gasteiger charge is 2.19. The fourth-order valence-corrected chi connectivity index (χ4v) is 9.85. The Kier molecular flexibility index (Phi) is 63.2. The van der Waals surface area contributed by atoms with Crippen LogP contribution >= 0.6 is 0 Å². The summed E-state index contributed by atoms with van der Waals surface area (Å²) in [6.45, 7) is 6.64. The number of ether oxygens (including phenoxy) is 3. The first-order valence-corrected chi connectivity index (χ1v) is 33.8. The highest BCUT2D eigenvalue weighted by molar-refractivity contribution is 5.71. The van der Waals surface area contributed by atoms with E-state index in [1.807, 2.05) is 0 Å². The minimum atomic E-state index is -0.781. The van der Waals surface area contributed by atoms with Crippen LogP contribution in [0.4, 0.5) is 0 Å². The van der Waals surface area contributed by atoms with Crippen molar-refractivity contribution in [3.8, 4) is 0 Å². The highest BCUT2D eigenvalue weighted by Crippen LogP contribution is 2.17. The van der Waals surface area contributed by atoms with Gasteiger partial charge in [-0.2, -0.15) is 0 Å². The SMILES string of the molecule is CCCCC/C=C\C/C=C\CCCCCCCCCCCC(=O)OC(COC(=O)CCCCCCC/C=C\CCCCCCCC)COC(=O)CCCCCCCCCCCCCCC/C=C\C/C=C\CCCCCCC. The smallest absolute Gasteiger partial charge is 0.306 e. The molecule has 1 atom stereocenters. The summed E-state index contributed by atoms with van der Waals surface area (Å²) in [7, 11) is 0. The van der Waals surface area contributed by atoms with E-state index < -0.39 is 6.10 Å². The van der Waals surface area contributed by atoms with Gasteiger partial charge in [0.05, 0.1) is 0 Å². The van der Waals surface area contributed by atoms with Gasteiger partial charge in [-0.15, -0.1) is 0 Å². The average molecular weight is 1080 g/mol. The molecule has 0 saturated heterocycles. The van der Waals surface area contributed by atoms with Crippen molar-refractivity contribution < 1.29 is 28.6 Å². The van der Waals surface area contributed by atoms with Crippen molar-refractivity contribution in [2.24, 2.45) is 0 Å². The Bertz CT molecular complexity index is 1380. The molecule has 0 bridgehead atoms. The zero-order valence-electron chi connectivity index (χ0n) is 51.5. The lowest BCUT2D eigenvalue weighted by Crippen LogP contribution is -2.30. The predicted octanol–water partition coefficient (Wildman–Crippen LogP) is 23.1. The first-order valence-electron chi connectivity index (χ1n) is 33.8. The highest BCUT2D eigenvalue weighted by atomic mass is 16.6. The van der Waals surface area contributed by atoms with Gasteiger partial charge >= 0.3 is 17.9 Å². The third-order valence-corrected chi connectivity index (χ3v) is 15.0. The lowest BCUT2D eigenvalue weighted by Gasteiger charge is -2.18. The molecule has 0 heterocycles. The molecule has 0 aliphatic heterocycles. The fourth-order valence-electron chi connectivity index (χ4n) is 9.85. The Hall–Kier alpha value is -2.89. The molecule has 1 unspecified atom stereocenters. The molecule has 0 aromatic heterocycles. The van der Waals surface area contributed by atoms with Crippen molar-refractivity contribution in [2.75, 3.05) is 13.2 Å². The number of carbonyl (C=O) groups is 3. The van der Waals surface area contributed by atoms with Crippen LogP contribution in [0.25, 0.3) is 0 Å². The van der Waals surface area contributed by atoms with Gasteiger partial charge in [-0.3, -0.25) is 14.4 Å². The van der Waals surface area contributed by atoms with Crippen molar-refractivity contribution in [1.82, 2.24) is 0 Å². The molecule has 0 N–H and O–H groups in total. The lowest BCUT2D eigenvalue weighted by molar-refractivity contribution is -0.167.